The lowest BCUT2D eigenvalue weighted by Gasteiger charge is -2.19. The predicted molar refractivity (Wildman–Crippen MR) is 86.8 cm³/mol. The van der Waals surface area contributed by atoms with Crippen LogP contribution < -0.4 is 10.5 Å². The highest BCUT2D eigenvalue weighted by molar-refractivity contribution is 5.75. The van der Waals surface area contributed by atoms with Crippen molar-refractivity contribution in [2.24, 2.45) is 5.73 Å². The van der Waals surface area contributed by atoms with Gasteiger partial charge in [0.15, 0.2) is 12.3 Å². The summed E-state index contributed by atoms with van der Waals surface area (Å²) >= 11 is 0. The zero-order valence-corrected chi connectivity index (χ0v) is 13.3. The summed E-state index contributed by atoms with van der Waals surface area (Å²) in [5.41, 5.74) is 7.73. The molecule has 1 aromatic heterocycles. The SMILES string of the molecule is N#Cc1cc2n(n1)CCCN(Cc1cccc(OCC(N)=O)c1)C2. The number of amides is 1. The van der Waals surface area contributed by atoms with Gasteiger partial charge in [0.2, 0.25) is 0 Å². The number of nitrogens with two attached hydrogens (primary N) is 1. The van der Waals surface area contributed by atoms with Gasteiger partial charge in [0.05, 0.1) is 5.69 Å². The van der Waals surface area contributed by atoms with Gasteiger partial charge in [-0.25, -0.2) is 0 Å². The van der Waals surface area contributed by atoms with Crippen LogP contribution in [0.1, 0.15) is 23.4 Å². The third-order valence-corrected chi connectivity index (χ3v) is 3.89. The highest BCUT2D eigenvalue weighted by Crippen LogP contribution is 2.19. The van der Waals surface area contributed by atoms with E-state index in [2.05, 4.69) is 16.1 Å². The van der Waals surface area contributed by atoms with Crippen LogP contribution in [0.3, 0.4) is 0 Å². The van der Waals surface area contributed by atoms with Crippen LogP contribution >= 0.6 is 0 Å². The number of benzene rings is 1. The largest absolute Gasteiger partial charge is 0.484 e. The zero-order valence-electron chi connectivity index (χ0n) is 13.3. The summed E-state index contributed by atoms with van der Waals surface area (Å²) in [6, 6.07) is 11.6. The van der Waals surface area contributed by atoms with Gasteiger partial charge < -0.3 is 10.5 Å². The quantitative estimate of drug-likeness (QED) is 0.885. The number of carbonyl (C=O) groups is 1. The fourth-order valence-corrected chi connectivity index (χ4v) is 2.86. The standard InChI is InChI=1S/C17H19N5O2/c18-9-14-8-15-11-21(5-2-6-22(15)20-14)10-13-3-1-4-16(7-13)24-12-17(19)23/h1,3-4,7-8H,2,5-6,10-12H2,(H2,19,23). The van der Waals surface area contributed by atoms with Crippen molar-refractivity contribution in [1.29, 1.82) is 5.26 Å². The van der Waals surface area contributed by atoms with Gasteiger partial charge in [0.1, 0.15) is 11.8 Å². The van der Waals surface area contributed by atoms with Crippen LogP contribution in [-0.2, 0) is 24.4 Å². The minimum atomic E-state index is -0.491. The number of nitrogens with zero attached hydrogens (tertiary/aromatic N) is 4. The number of primary amides is 1. The first kappa shape index (κ1) is 16.0. The molecule has 1 aromatic carbocycles. The van der Waals surface area contributed by atoms with Crippen molar-refractivity contribution in [2.45, 2.75) is 26.1 Å². The van der Waals surface area contributed by atoms with Crippen molar-refractivity contribution in [3.8, 4) is 11.8 Å². The summed E-state index contributed by atoms with van der Waals surface area (Å²) < 4.78 is 7.27. The maximum Gasteiger partial charge on any atom is 0.255 e. The van der Waals surface area contributed by atoms with Gasteiger partial charge in [0.25, 0.3) is 5.91 Å². The molecule has 1 aliphatic heterocycles. The van der Waals surface area contributed by atoms with Crippen molar-refractivity contribution in [1.82, 2.24) is 14.7 Å². The Hall–Kier alpha value is -2.85. The fraction of sp³-hybridized carbons (Fsp3) is 0.353. The van der Waals surface area contributed by atoms with Gasteiger partial charge in [0, 0.05) is 26.2 Å². The molecule has 24 heavy (non-hydrogen) atoms. The second kappa shape index (κ2) is 7.15. The molecule has 0 saturated carbocycles. The van der Waals surface area contributed by atoms with Crippen LogP contribution in [0.15, 0.2) is 30.3 Å². The van der Waals surface area contributed by atoms with E-state index < -0.39 is 5.91 Å². The number of rotatable bonds is 5. The average Bonchev–Trinajstić information content (AvgIpc) is 2.86. The summed E-state index contributed by atoms with van der Waals surface area (Å²) in [7, 11) is 0. The van der Waals surface area contributed by atoms with E-state index in [-0.39, 0.29) is 6.61 Å². The van der Waals surface area contributed by atoms with Crippen LogP contribution in [0.4, 0.5) is 0 Å². The van der Waals surface area contributed by atoms with Crippen LogP contribution in [-0.4, -0.2) is 33.7 Å². The van der Waals surface area contributed by atoms with Gasteiger partial charge in [-0.05, 0) is 30.2 Å². The number of hydrogen-bond acceptors (Lipinski definition) is 5. The number of aromatic nitrogens is 2. The highest BCUT2D eigenvalue weighted by Gasteiger charge is 2.17. The number of hydrogen-bond donors (Lipinski definition) is 1. The summed E-state index contributed by atoms with van der Waals surface area (Å²) in [5, 5.41) is 13.3. The van der Waals surface area contributed by atoms with Crippen LogP contribution in [0.5, 0.6) is 5.75 Å². The van der Waals surface area contributed by atoms with Gasteiger partial charge in [-0.15, -0.1) is 0 Å². The molecule has 2 aromatic rings. The van der Waals surface area contributed by atoms with E-state index in [9.17, 15) is 4.79 Å². The molecule has 0 saturated heterocycles. The minimum absolute atomic E-state index is 0.122. The van der Waals surface area contributed by atoms with E-state index in [1.165, 1.54) is 0 Å². The first-order valence-electron chi connectivity index (χ1n) is 7.83. The molecule has 0 unspecified atom stereocenters. The first-order valence-corrected chi connectivity index (χ1v) is 7.83. The molecule has 0 fully saturated rings. The Labute approximate surface area is 140 Å². The molecule has 124 valence electrons. The summed E-state index contributed by atoms with van der Waals surface area (Å²) in [5.74, 6) is 0.146. The van der Waals surface area contributed by atoms with Crippen molar-refractivity contribution in [2.75, 3.05) is 13.2 Å². The number of ether oxygens (including phenoxy) is 1. The third kappa shape index (κ3) is 3.91. The van der Waals surface area contributed by atoms with Gasteiger partial charge in [-0.1, -0.05) is 12.1 Å². The van der Waals surface area contributed by atoms with Crippen LogP contribution in [0.25, 0.3) is 0 Å². The van der Waals surface area contributed by atoms with E-state index in [1.54, 1.807) is 0 Å². The lowest BCUT2D eigenvalue weighted by molar-refractivity contribution is -0.119. The molecule has 7 heteroatoms. The number of carbonyl (C=O) groups excluding carboxylic acids is 1. The van der Waals surface area contributed by atoms with Gasteiger partial charge in [-0.3, -0.25) is 14.4 Å². The van der Waals surface area contributed by atoms with Crippen LogP contribution in [0.2, 0.25) is 0 Å². The summed E-state index contributed by atoms with van der Waals surface area (Å²) in [6.07, 6.45) is 0.984. The van der Waals surface area contributed by atoms with E-state index in [1.807, 2.05) is 35.0 Å². The number of fused-ring (bicyclic) bond motifs is 1. The average molecular weight is 325 g/mol. The lowest BCUT2D eigenvalue weighted by atomic mass is 10.2. The summed E-state index contributed by atoms with van der Waals surface area (Å²) in [6.45, 7) is 3.18. The Morgan fingerprint density at radius 3 is 3.04 bits per heavy atom. The molecule has 2 N–H and O–H groups in total. The predicted octanol–water partition coefficient (Wildman–Crippen LogP) is 1.02. The zero-order chi connectivity index (χ0) is 16.9. The molecule has 0 radical (unpaired) electrons. The Kier molecular flexibility index (Phi) is 4.77. The van der Waals surface area contributed by atoms with Crippen molar-refractivity contribution in [3.63, 3.8) is 0 Å². The molecule has 1 amide bonds. The topological polar surface area (TPSA) is 97.2 Å². The summed E-state index contributed by atoms with van der Waals surface area (Å²) in [4.78, 5) is 13.1. The monoisotopic (exact) mass is 325 g/mol. The first-order chi connectivity index (χ1) is 11.6. The van der Waals surface area contributed by atoms with E-state index >= 15 is 0 Å². The smallest absolute Gasteiger partial charge is 0.255 e. The van der Waals surface area contributed by atoms with Gasteiger partial charge >= 0.3 is 0 Å². The Balaban J connectivity index is 1.68. The maximum atomic E-state index is 10.8. The van der Waals surface area contributed by atoms with Crippen molar-refractivity contribution >= 4 is 5.91 Å². The fourth-order valence-electron chi connectivity index (χ4n) is 2.86. The molecule has 0 bridgehead atoms. The normalized spacial score (nSPS) is 14.5. The van der Waals surface area contributed by atoms with Crippen molar-refractivity contribution in [3.05, 3.63) is 47.3 Å². The second-order valence-electron chi connectivity index (χ2n) is 5.82. The van der Waals surface area contributed by atoms with Gasteiger partial charge in [-0.2, -0.15) is 10.4 Å². The third-order valence-electron chi connectivity index (χ3n) is 3.89. The van der Waals surface area contributed by atoms with Crippen LogP contribution in [0, 0.1) is 11.3 Å². The molecule has 3 rings (SSSR count). The lowest BCUT2D eigenvalue weighted by Crippen LogP contribution is -2.23. The Morgan fingerprint density at radius 1 is 1.38 bits per heavy atom. The Morgan fingerprint density at radius 2 is 2.25 bits per heavy atom. The molecular weight excluding hydrogens is 306 g/mol. The van der Waals surface area contributed by atoms with E-state index in [0.29, 0.717) is 11.4 Å². The molecule has 2 heterocycles. The number of nitriles is 1. The highest BCUT2D eigenvalue weighted by atomic mass is 16.5. The Bertz CT molecular complexity index is 778. The molecule has 0 spiro atoms. The number of aryl methyl sites for hydroxylation is 1. The van der Waals surface area contributed by atoms with Crippen molar-refractivity contribution < 1.29 is 9.53 Å². The molecule has 0 aliphatic carbocycles. The molecule has 1 aliphatic rings. The van der Waals surface area contributed by atoms with E-state index in [4.69, 9.17) is 15.7 Å². The maximum absolute atomic E-state index is 10.8. The molecular formula is C17H19N5O2. The molecule has 0 atom stereocenters. The minimum Gasteiger partial charge on any atom is -0.484 e. The molecule has 7 nitrogen and oxygen atoms in total. The van der Waals surface area contributed by atoms with E-state index in [0.717, 1.165) is 43.9 Å². The second-order valence-corrected chi connectivity index (χ2v) is 5.82.